The van der Waals surface area contributed by atoms with Crippen LogP contribution in [-0.2, 0) is 4.79 Å². The van der Waals surface area contributed by atoms with Crippen LogP contribution in [0, 0.1) is 18.3 Å². The van der Waals surface area contributed by atoms with Gasteiger partial charge in [-0.05, 0) is 26.2 Å². The van der Waals surface area contributed by atoms with Crippen LogP contribution in [0.4, 0.5) is 0 Å². The van der Waals surface area contributed by atoms with Gasteiger partial charge >= 0.3 is 0 Å². The van der Waals surface area contributed by atoms with Crippen molar-refractivity contribution in [3.05, 3.63) is 0 Å². The first kappa shape index (κ1) is 15.0. The van der Waals surface area contributed by atoms with Gasteiger partial charge in [0.25, 0.3) is 0 Å². The third kappa shape index (κ3) is 4.70. The third-order valence-corrected chi connectivity index (χ3v) is 3.75. The van der Waals surface area contributed by atoms with E-state index in [9.17, 15) is 4.79 Å². The highest BCUT2D eigenvalue weighted by atomic mass is 16.1. The SMILES string of the molecule is C#CCCN1CC(C(=O)NCCCC)CCC1C. The molecule has 0 spiro atoms. The first-order valence-electron chi connectivity index (χ1n) is 7.14. The molecule has 0 saturated carbocycles. The second-order valence-corrected chi connectivity index (χ2v) is 5.22. The van der Waals surface area contributed by atoms with Crippen LogP contribution in [0.2, 0.25) is 0 Å². The van der Waals surface area contributed by atoms with E-state index < -0.39 is 0 Å². The highest BCUT2D eigenvalue weighted by Gasteiger charge is 2.29. The van der Waals surface area contributed by atoms with Crippen LogP contribution in [0.25, 0.3) is 0 Å². The summed E-state index contributed by atoms with van der Waals surface area (Å²) in [6.07, 6.45) is 10.4. The zero-order valence-electron chi connectivity index (χ0n) is 11.7. The van der Waals surface area contributed by atoms with Crippen molar-refractivity contribution >= 4 is 5.91 Å². The zero-order chi connectivity index (χ0) is 13.4. The summed E-state index contributed by atoms with van der Waals surface area (Å²) in [4.78, 5) is 14.4. The van der Waals surface area contributed by atoms with E-state index in [0.717, 1.165) is 51.7 Å². The molecule has 0 radical (unpaired) electrons. The van der Waals surface area contributed by atoms with Crippen molar-refractivity contribution in [3.8, 4) is 12.3 Å². The van der Waals surface area contributed by atoms with E-state index >= 15 is 0 Å². The van der Waals surface area contributed by atoms with Gasteiger partial charge in [-0.15, -0.1) is 12.3 Å². The number of nitrogens with zero attached hydrogens (tertiary/aromatic N) is 1. The highest BCUT2D eigenvalue weighted by molar-refractivity contribution is 5.78. The van der Waals surface area contributed by atoms with Crippen molar-refractivity contribution in [1.29, 1.82) is 0 Å². The molecule has 1 aliphatic heterocycles. The molecule has 1 aliphatic rings. The summed E-state index contributed by atoms with van der Waals surface area (Å²) in [5.41, 5.74) is 0. The number of amides is 1. The second kappa shape index (κ2) is 8.16. The van der Waals surface area contributed by atoms with Gasteiger partial charge in [-0.3, -0.25) is 9.69 Å². The second-order valence-electron chi connectivity index (χ2n) is 5.22. The summed E-state index contributed by atoms with van der Waals surface area (Å²) in [5.74, 6) is 3.05. The summed E-state index contributed by atoms with van der Waals surface area (Å²) >= 11 is 0. The van der Waals surface area contributed by atoms with Crippen LogP contribution in [-0.4, -0.2) is 36.5 Å². The molecule has 3 heteroatoms. The standard InChI is InChI=1S/C15H26N2O/c1-4-6-10-16-15(18)14-9-8-13(3)17(12-14)11-7-5-2/h2,13-14H,4,6-12H2,1,3H3,(H,16,18). The van der Waals surface area contributed by atoms with Crippen molar-refractivity contribution in [2.45, 2.75) is 52.0 Å². The topological polar surface area (TPSA) is 32.3 Å². The molecule has 2 atom stereocenters. The Morgan fingerprint density at radius 3 is 2.94 bits per heavy atom. The van der Waals surface area contributed by atoms with Gasteiger partial charge in [0.1, 0.15) is 0 Å². The van der Waals surface area contributed by atoms with Crippen molar-refractivity contribution in [1.82, 2.24) is 10.2 Å². The molecule has 18 heavy (non-hydrogen) atoms. The Hall–Kier alpha value is -1.01. The molecule has 1 amide bonds. The van der Waals surface area contributed by atoms with E-state index in [2.05, 4.69) is 30.0 Å². The van der Waals surface area contributed by atoms with Crippen LogP contribution >= 0.6 is 0 Å². The molecule has 1 heterocycles. The minimum atomic E-state index is 0.149. The fourth-order valence-electron chi connectivity index (χ4n) is 2.45. The quantitative estimate of drug-likeness (QED) is 0.578. The number of rotatable bonds is 6. The first-order valence-corrected chi connectivity index (χ1v) is 7.14. The lowest BCUT2D eigenvalue weighted by Gasteiger charge is -2.37. The number of likely N-dealkylation sites (tertiary alicyclic amines) is 1. The molecular formula is C15H26N2O. The van der Waals surface area contributed by atoms with E-state index in [-0.39, 0.29) is 11.8 Å². The maximum Gasteiger partial charge on any atom is 0.224 e. The number of hydrogen-bond acceptors (Lipinski definition) is 2. The van der Waals surface area contributed by atoms with Crippen LogP contribution in [0.1, 0.15) is 46.0 Å². The van der Waals surface area contributed by atoms with Gasteiger partial charge in [0, 0.05) is 32.1 Å². The fraction of sp³-hybridized carbons (Fsp3) is 0.800. The molecule has 1 saturated heterocycles. The lowest BCUT2D eigenvalue weighted by atomic mass is 9.92. The first-order chi connectivity index (χ1) is 8.69. The lowest BCUT2D eigenvalue weighted by molar-refractivity contribution is -0.127. The van der Waals surface area contributed by atoms with Gasteiger partial charge < -0.3 is 5.32 Å². The molecule has 1 rings (SSSR count). The number of carbonyl (C=O) groups is 1. The maximum atomic E-state index is 12.0. The lowest BCUT2D eigenvalue weighted by Crippen LogP contribution is -2.47. The normalized spacial score (nSPS) is 24.5. The Balaban J connectivity index is 2.38. The summed E-state index contributed by atoms with van der Waals surface area (Å²) < 4.78 is 0. The molecular weight excluding hydrogens is 224 g/mol. The molecule has 1 fully saturated rings. The minimum Gasteiger partial charge on any atom is -0.356 e. The molecule has 0 bridgehead atoms. The van der Waals surface area contributed by atoms with Gasteiger partial charge in [-0.1, -0.05) is 13.3 Å². The van der Waals surface area contributed by atoms with Crippen molar-refractivity contribution in [2.75, 3.05) is 19.6 Å². The number of unbranched alkanes of at least 4 members (excludes halogenated alkanes) is 1. The van der Waals surface area contributed by atoms with E-state index in [4.69, 9.17) is 6.42 Å². The molecule has 2 unspecified atom stereocenters. The Kier molecular flexibility index (Phi) is 6.82. The number of terminal acetylenes is 1. The van der Waals surface area contributed by atoms with Crippen LogP contribution in [0.3, 0.4) is 0 Å². The predicted octanol–water partition coefficient (Wildman–Crippen LogP) is 2.03. The molecule has 0 aromatic rings. The Morgan fingerprint density at radius 1 is 1.50 bits per heavy atom. The number of piperidine rings is 1. The smallest absolute Gasteiger partial charge is 0.224 e. The molecule has 0 aromatic heterocycles. The minimum absolute atomic E-state index is 0.149. The average molecular weight is 250 g/mol. The van der Waals surface area contributed by atoms with Gasteiger partial charge in [0.15, 0.2) is 0 Å². The summed E-state index contributed by atoms with van der Waals surface area (Å²) in [6.45, 7) is 6.95. The Morgan fingerprint density at radius 2 is 2.28 bits per heavy atom. The van der Waals surface area contributed by atoms with Gasteiger partial charge in [-0.25, -0.2) is 0 Å². The maximum absolute atomic E-state index is 12.0. The predicted molar refractivity (Wildman–Crippen MR) is 75.1 cm³/mol. The number of hydrogen-bond donors (Lipinski definition) is 1. The summed E-state index contributed by atoms with van der Waals surface area (Å²) in [6, 6.07) is 0.554. The molecule has 1 N–H and O–H groups in total. The fourth-order valence-corrected chi connectivity index (χ4v) is 2.45. The van der Waals surface area contributed by atoms with E-state index in [1.54, 1.807) is 0 Å². The largest absolute Gasteiger partial charge is 0.356 e. The van der Waals surface area contributed by atoms with Crippen molar-refractivity contribution in [2.24, 2.45) is 5.92 Å². The van der Waals surface area contributed by atoms with E-state index in [1.165, 1.54) is 0 Å². The van der Waals surface area contributed by atoms with Crippen molar-refractivity contribution < 1.29 is 4.79 Å². The zero-order valence-corrected chi connectivity index (χ0v) is 11.7. The summed E-state index contributed by atoms with van der Waals surface area (Å²) in [7, 11) is 0. The highest BCUT2D eigenvalue weighted by Crippen LogP contribution is 2.22. The molecule has 3 nitrogen and oxygen atoms in total. The third-order valence-electron chi connectivity index (χ3n) is 3.75. The molecule has 0 aromatic carbocycles. The van der Waals surface area contributed by atoms with Gasteiger partial charge in [0.2, 0.25) is 5.91 Å². The van der Waals surface area contributed by atoms with Crippen LogP contribution in [0.5, 0.6) is 0 Å². The van der Waals surface area contributed by atoms with Crippen LogP contribution < -0.4 is 5.32 Å². The van der Waals surface area contributed by atoms with Crippen LogP contribution in [0.15, 0.2) is 0 Å². The number of nitrogens with one attached hydrogen (secondary N) is 1. The van der Waals surface area contributed by atoms with Gasteiger partial charge in [-0.2, -0.15) is 0 Å². The Labute approximate surface area is 111 Å². The van der Waals surface area contributed by atoms with Gasteiger partial charge in [0.05, 0.1) is 5.92 Å². The average Bonchev–Trinajstić information content (AvgIpc) is 2.38. The summed E-state index contributed by atoms with van der Waals surface area (Å²) in [5, 5.41) is 3.04. The molecule has 102 valence electrons. The van der Waals surface area contributed by atoms with Crippen molar-refractivity contribution in [3.63, 3.8) is 0 Å². The molecule has 0 aliphatic carbocycles. The number of carbonyl (C=O) groups excluding carboxylic acids is 1. The van der Waals surface area contributed by atoms with E-state index in [1.807, 2.05) is 0 Å². The Bertz CT molecular complexity index is 295. The van der Waals surface area contributed by atoms with E-state index in [0.29, 0.717) is 6.04 Å². The monoisotopic (exact) mass is 250 g/mol.